The van der Waals surface area contributed by atoms with Crippen LogP contribution in [-0.2, 0) is 26.8 Å². The highest BCUT2D eigenvalue weighted by Crippen LogP contribution is 2.43. The van der Waals surface area contributed by atoms with E-state index in [1.807, 2.05) is 0 Å². The first-order valence-electron chi connectivity index (χ1n) is 8.29. The zero-order valence-corrected chi connectivity index (χ0v) is 17.7. The van der Waals surface area contributed by atoms with Gasteiger partial charge in [0.25, 0.3) is 0 Å². The number of carboxylic acid groups (broad SMARTS) is 1. The fraction of sp³-hybridized carbons (Fsp3) is 0.188. The largest absolute Gasteiger partial charge is 0.534 e. The monoisotopic (exact) mass is 539 g/mol. The van der Waals surface area contributed by atoms with Crippen LogP contribution in [0, 0.1) is 0 Å². The lowest BCUT2D eigenvalue weighted by molar-refractivity contribution is -0.0502. The fourth-order valence-electron chi connectivity index (χ4n) is 2.08. The van der Waals surface area contributed by atoms with Gasteiger partial charge in [0.05, 0.1) is 0 Å². The van der Waals surface area contributed by atoms with Crippen molar-refractivity contribution in [2.45, 2.75) is 17.6 Å². The molecule has 0 saturated heterocycles. The molecule has 18 heteroatoms. The zero-order chi connectivity index (χ0) is 25.9. The molecule has 2 aromatic rings. The third kappa shape index (κ3) is 6.56. The van der Waals surface area contributed by atoms with Crippen LogP contribution in [0.4, 0.5) is 36.8 Å². The molecule has 2 N–H and O–H groups in total. The average Bonchev–Trinajstić information content (AvgIpc) is 2.67. The number of amides is 1. The van der Waals surface area contributed by atoms with Crippen molar-refractivity contribution in [3.05, 3.63) is 48.0 Å². The van der Waals surface area contributed by atoms with E-state index in [0.717, 1.165) is 0 Å². The number of alkyl halides is 6. The first kappa shape index (κ1) is 26.8. The summed E-state index contributed by atoms with van der Waals surface area (Å²) < 4.78 is 135. The van der Waals surface area contributed by atoms with E-state index in [1.54, 1.807) is 18.2 Å². The second-order valence-corrected chi connectivity index (χ2v) is 9.04. The van der Waals surface area contributed by atoms with Gasteiger partial charge >= 0.3 is 37.3 Å². The van der Waals surface area contributed by atoms with E-state index in [-0.39, 0.29) is 6.61 Å². The van der Waals surface area contributed by atoms with Crippen LogP contribution < -0.4 is 18.4 Å². The number of hydrogen-bond donors (Lipinski definition) is 2. The zero-order valence-electron chi connectivity index (χ0n) is 16.0. The summed E-state index contributed by atoms with van der Waals surface area (Å²) in [4.78, 5) is 11.0. The first-order chi connectivity index (χ1) is 15.4. The molecule has 0 aromatic heterocycles. The first-order valence-corrected chi connectivity index (χ1v) is 11.1. The number of anilines is 1. The number of carbonyl (C=O) groups is 1. The van der Waals surface area contributed by atoms with Crippen molar-refractivity contribution in [1.29, 1.82) is 0 Å². The third-order valence-corrected chi connectivity index (χ3v) is 5.42. The molecule has 2 rings (SSSR count). The van der Waals surface area contributed by atoms with Crippen molar-refractivity contribution in [2.24, 2.45) is 0 Å². The predicted molar refractivity (Wildman–Crippen MR) is 100 cm³/mol. The minimum Gasteiger partial charge on any atom is -0.489 e. The summed E-state index contributed by atoms with van der Waals surface area (Å²) in [5.74, 6) is -3.91. The van der Waals surface area contributed by atoms with Crippen molar-refractivity contribution in [3.8, 4) is 17.2 Å². The Hall–Kier alpha value is -3.41. The van der Waals surface area contributed by atoms with Gasteiger partial charge in [0.1, 0.15) is 18.0 Å². The van der Waals surface area contributed by atoms with Crippen LogP contribution in [0.15, 0.2) is 42.5 Å². The Morgan fingerprint density at radius 2 is 1.29 bits per heavy atom. The fourth-order valence-corrected chi connectivity index (χ4v) is 3.01. The molecule has 0 heterocycles. The third-order valence-electron chi connectivity index (χ3n) is 3.49. The van der Waals surface area contributed by atoms with Gasteiger partial charge < -0.3 is 18.2 Å². The van der Waals surface area contributed by atoms with Gasteiger partial charge in [-0.25, -0.2) is 4.79 Å². The molecule has 10 nitrogen and oxygen atoms in total. The Kier molecular flexibility index (Phi) is 7.46. The summed E-state index contributed by atoms with van der Waals surface area (Å²) in [6, 6.07) is 8.43. The van der Waals surface area contributed by atoms with Crippen LogP contribution in [0.5, 0.6) is 17.2 Å². The van der Waals surface area contributed by atoms with Gasteiger partial charge in [0.2, 0.25) is 0 Å². The lowest BCUT2D eigenvalue weighted by Gasteiger charge is -2.18. The number of rotatable bonds is 8. The average molecular weight is 539 g/mol. The number of nitrogens with one attached hydrogen (secondary N) is 1. The highest BCUT2D eigenvalue weighted by molar-refractivity contribution is 7.88. The van der Waals surface area contributed by atoms with Crippen molar-refractivity contribution < 1.29 is 66.2 Å². The van der Waals surface area contributed by atoms with Crippen LogP contribution in [-0.4, -0.2) is 39.1 Å². The molecule has 0 spiro atoms. The van der Waals surface area contributed by atoms with Gasteiger partial charge in [-0.1, -0.05) is 30.3 Å². The Balaban J connectivity index is 2.66. The number of benzene rings is 2. The second kappa shape index (κ2) is 9.45. The topological polar surface area (TPSA) is 145 Å². The van der Waals surface area contributed by atoms with Gasteiger partial charge in [-0.05, 0) is 5.56 Å². The van der Waals surface area contributed by atoms with E-state index in [0.29, 0.717) is 17.7 Å². The highest BCUT2D eigenvalue weighted by atomic mass is 32.2. The Morgan fingerprint density at radius 1 is 0.853 bits per heavy atom. The molecule has 0 aliphatic heterocycles. The molecule has 0 fully saturated rings. The lowest BCUT2D eigenvalue weighted by Crippen LogP contribution is -2.29. The summed E-state index contributed by atoms with van der Waals surface area (Å²) in [6.07, 6.45) is -2.15. The number of halogens is 6. The van der Waals surface area contributed by atoms with Gasteiger partial charge in [-0.15, -0.1) is 0 Å². The number of hydrogen-bond acceptors (Lipinski definition) is 8. The van der Waals surface area contributed by atoms with Gasteiger partial charge in [0, 0.05) is 12.1 Å². The molecule has 0 radical (unpaired) electrons. The van der Waals surface area contributed by atoms with Crippen LogP contribution in [0.25, 0.3) is 0 Å². The van der Waals surface area contributed by atoms with E-state index in [9.17, 15) is 48.0 Å². The molecule has 2 aromatic carbocycles. The van der Waals surface area contributed by atoms with E-state index in [4.69, 9.17) is 9.84 Å². The normalized spacial score (nSPS) is 12.6. The maximum atomic E-state index is 12.8. The Labute approximate surface area is 186 Å². The van der Waals surface area contributed by atoms with Crippen LogP contribution in [0.3, 0.4) is 0 Å². The van der Waals surface area contributed by atoms with Crippen LogP contribution in [0.2, 0.25) is 0 Å². The van der Waals surface area contributed by atoms with Crippen LogP contribution >= 0.6 is 0 Å². The molecular formula is C16H11F6NO9S2. The SMILES string of the molecule is O=C(O)Nc1c(OS(=O)(=O)C(F)(F)F)cc(OCc2ccccc2)cc1OS(=O)(=O)C(F)(F)F. The molecule has 0 bridgehead atoms. The second-order valence-electron chi connectivity index (χ2n) is 5.97. The summed E-state index contributed by atoms with van der Waals surface area (Å²) >= 11 is 0. The molecule has 1 amide bonds. The quantitative estimate of drug-likeness (QED) is 0.291. The molecular weight excluding hydrogens is 528 g/mol. The summed E-state index contributed by atoms with van der Waals surface area (Å²) in [6.45, 7) is -0.385. The molecule has 188 valence electrons. The van der Waals surface area contributed by atoms with Gasteiger partial charge in [0.15, 0.2) is 11.5 Å². The smallest absolute Gasteiger partial charge is 0.489 e. The van der Waals surface area contributed by atoms with Crippen molar-refractivity contribution in [3.63, 3.8) is 0 Å². The van der Waals surface area contributed by atoms with Crippen molar-refractivity contribution in [2.75, 3.05) is 5.32 Å². The van der Waals surface area contributed by atoms with Gasteiger partial charge in [-0.3, -0.25) is 5.32 Å². The van der Waals surface area contributed by atoms with E-state index in [2.05, 4.69) is 8.37 Å². The number of ether oxygens (including phenoxy) is 1. The van der Waals surface area contributed by atoms with E-state index >= 15 is 0 Å². The Morgan fingerprint density at radius 3 is 1.68 bits per heavy atom. The molecule has 0 saturated carbocycles. The molecule has 0 unspecified atom stereocenters. The standard InChI is InChI=1S/C16H11F6NO9S2/c17-15(18,19)33(26,27)31-11-6-10(30-8-9-4-2-1-3-5-9)7-12(13(11)23-14(24)25)32-34(28,29)16(20,21)22/h1-7,23H,8H2,(H,24,25). The minimum atomic E-state index is -6.50. The van der Waals surface area contributed by atoms with Gasteiger partial charge in [-0.2, -0.15) is 43.2 Å². The molecule has 0 atom stereocenters. The van der Waals surface area contributed by atoms with E-state index in [1.165, 1.54) is 17.4 Å². The predicted octanol–water partition coefficient (Wildman–Crippen LogP) is 3.81. The molecule has 0 aliphatic carbocycles. The van der Waals surface area contributed by atoms with Crippen LogP contribution in [0.1, 0.15) is 5.56 Å². The highest BCUT2D eigenvalue weighted by Gasteiger charge is 2.50. The molecule has 34 heavy (non-hydrogen) atoms. The summed E-state index contributed by atoms with van der Waals surface area (Å²) in [7, 11) is -13.0. The molecule has 0 aliphatic rings. The van der Waals surface area contributed by atoms with E-state index < -0.39 is 60.3 Å². The van der Waals surface area contributed by atoms with Crippen molar-refractivity contribution in [1.82, 2.24) is 0 Å². The summed E-state index contributed by atoms with van der Waals surface area (Å²) in [5.41, 5.74) is -13.2. The maximum absolute atomic E-state index is 12.8. The maximum Gasteiger partial charge on any atom is 0.534 e. The summed E-state index contributed by atoms with van der Waals surface area (Å²) in [5, 5.41) is 10.1. The van der Waals surface area contributed by atoms with Crippen molar-refractivity contribution >= 4 is 32.0 Å². The Bertz CT molecular complexity index is 1190. The minimum absolute atomic E-state index is 0.366. The lowest BCUT2D eigenvalue weighted by atomic mass is 10.2.